The maximum Gasteiger partial charge on any atom is 0.497 e. The Morgan fingerprint density at radius 3 is 2.08 bits per heavy atom. The van der Waals surface area contributed by atoms with E-state index in [9.17, 15) is 57.9 Å². The van der Waals surface area contributed by atoms with Gasteiger partial charge < -0.3 is 16.0 Å². The molecule has 1 aliphatic carbocycles. The second kappa shape index (κ2) is 13.5. The molecule has 1 fully saturated rings. The van der Waals surface area contributed by atoms with Gasteiger partial charge in [-0.05, 0) is 48.0 Å². The zero-order valence-electron chi connectivity index (χ0n) is 23.7. The average Bonchev–Trinajstić information content (AvgIpc) is 3.57. The highest BCUT2D eigenvalue weighted by Crippen LogP contribution is 2.65. The minimum Gasteiger partial charge on any atom is -0.326 e. The van der Waals surface area contributed by atoms with Crippen LogP contribution in [0.3, 0.4) is 0 Å². The van der Waals surface area contributed by atoms with Gasteiger partial charge in [0.25, 0.3) is 5.91 Å². The molecule has 0 saturated heterocycles. The van der Waals surface area contributed by atoms with Crippen molar-refractivity contribution in [2.24, 2.45) is 5.92 Å². The van der Waals surface area contributed by atoms with Gasteiger partial charge in [0.15, 0.2) is 5.82 Å². The Kier molecular flexibility index (Phi) is 10.5. The Labute approximate surface area is 284 Å². The first-order chi connectivity index (χ1) is 22.5. The van der Waals surface area contributed by atoms with Crippen molar-refractivity contribution < 1.29 is 62.3 Å². The number of anilines is 3. The van der Waals surface area contributed by atoms with E-state index in [0.717, 1.165) is 18.2 Å². The molecule has 0 aromatic heterocycles. The quantitative estimate of drug-likeness (QED) is 0.151. The molecule has 0 unspecified atom stereocenters. The van der Waals surface area contributed by atoms with Crippen LogP contribution in [-0.2, 0) is 25.6 Å². The van der Waals surface area contributed by atoms with E-state index in [2.05, 4.69) is 5.32 Å². The number of sulfone groups is 1. The monoisotopic (exact) mass is 783 g/mol. The number of amides is 3. The molecule has 264 valence electrons. The second-order valence-electron chi connectivity index (χ2n) is 10.4. The first-order valence-electron chi connectivity index (χ1n) is 13.2. The lowest BCUT2D eigenvalue weighted by molar-refractivity contribution is -0.140. The van der Waals surface area contributed by atoms with Crippen molar-refractivity contribution in [2.45, 2.75) is 28.4 Å². The lowest BCUT2D eigenvalue weighted by Gasteiger charge is -2.14. The molecule has 1 saturated carbocycles. The van der Waals surface area contributed by atoms with Gasteiger partial charge in [-0.25, -0.2) is 21.6 Å². The molecule has 0 radical (unpaired) electrons. The summed E-state index contributed by atoms with van der Waals surface area (Å²) in [6.45, 7) is 0. The first kappa shape index (κ1) is 38.1. The number of carbonyl (C=O) groups excluding carboxylic acids is 3. The van der Waals surface area contributed by atoms with Gasteiger partial charge in [0, 0.05) is 18.0 Å². The highest BCUT2D eigenvalue weighted by atomic mass is 35.5. The van der Waals surface area contributed by atoms with E-state index in [1.54, 1.807) is 5.32 Å². The number of halogens is 12. The third-order valence-corrected chi connectivity index (χ3v) is 9.74. The first-order valence-corrected chi connectivity index (χ1v) is 16.0. The molecular weight excluding hydrogens is 768 g/mol. The Morgan fingerprint density at radius 1 is 0.837 bits per heavy atom. The largest absolute Gasteiger partial charge is 0.497 e. The molecule has 49 heavy (non-hydrogen) atoms. The molecule has 1 aliphatic rings. The molecule has 3 aromatic rings. The van der Waals surface area contributed by atoms with E-state index >= 15 is 4.39 Å². The van der Waals surface area contributed by atoms with Crippen LogP contribution < -0.4 is 16.0 Å². The fourth-order valence-electron chi connectivity index (χ4n) is 4.52. The predicted molar refractivity (Wildman–Crippen MR) is 160 cm³/mol. The molecule has 3 aromatic carbocycles. The van der Waals surface area contributed by atoms with Crippen LogP contribution in [-0.4, -0.2) is 41.7 Å². The van der Waals surface area contributed by atoms with Crippen LogP contribution in [0.2, 0.25) is 5.02 Å². The zero-order chi connectivity index (χ0) is 36.9. The third kappa shape index (κ3) is 8.19. The lowest BCUT2D eigenvalue weighted by Crippen LogP contribution is -2.28. The topological polar surface area (TPSA) is 121 Å². The SMILES string of the molecule is O=C(CCS(=O)(=O)C(F)(F)F)Nc1c(F)ccc(NC(=O)c2cc(NC(=O)[C@H]3[C@H](c4ccc(F)c(C(F)(F)F)c4)C3(Cl)Cl)ccc2Cl)c1F. The molecule has 4 rings (SSSR count). The van der Waals surface area contributed by atoms with Crippen LogP contribution in [0, 0.1) is 23.4 Å². The summed E-state index contributed by atoms with van der Waals surface area (Å²) in [4.78, 5) is 38.0. The molecule has 0 heterocycles. The van der Waals surface area contributed by atoms with Gasteiger partial charge in [0.05, 0.1) is 33.5 Å². The molecule has 0 spiro atoms. The Morgan fingerprint density at radius 2 is 1.47 bits per heavy atom. The van der Waals surface area contributed by atoms with Crippen molar-refractivity contribution in [3.63, 3.8) is 0 Å². The van der Waals surface area contributed by atoms with E-state index in [-0.39, 0.29) is 16.3 Å². The molecule has 2 atom stereocenters. The normalized spacial score (nSPS) is 17.3. The fourth-order valence-corrected chi connectivity index (χ4v) is 6.23. The molecule has 0 bridgehead atoms. The maximum absolute atomic E-state index is 15.1. The minimum absolute atomic E-state index is 0.134. The van der Waals surface area contributed by atoms with Crippen molar-refractivity contribution in [1.29, 1.82) is 0 Å². The van der Waals surface area contributed by atoms with Crippen LogP contribution >= 0.6 is 34.8 Å². The molecular formula is C28H17Cl3F9N3O5S. The van der Waals surface area contributed by atoms with E-state index < -0.39 is 108 Å². The lowest BCUT2D eigenvalue weighted by atomic mass is 10.0. The highest BCUT2D eigenvalue weighted by Gasteiger charge is 2.67. The van der Waals surface area contributed by atoms with Crippen molar-refractivity contribution >= 4 is 79.4 Å². The van der Waals surface area contributed by atoms with E-state index in [1.165, 1.54) is 6.07 Å². The number of nitrogens with one attached hydrogen (secondary N) is 3. The Bertz CT molecular complexity index is 1960. The van der Waals surface area contributed by atoms with Gasteiger partial charge in [0.2, 0.25) is 21.7 Å². The minimum atomic E-state index is -5.71. The standard InChI is InChI=1S/C28H17Cl3F9N3O5S/c29-15-3-2-12(41-25(46)21-20(26(21,30)31)11-1-4-16(32)14(9-11)27(35,36)37)10-13(15)24(45)42-18-6-5-17(33)23(22(18)34)43-19(44)7-8-49(47,48)28(38,39)40/h1-6,9-10,20-21H,7-8H2,(H,41,46)(H,42,45)(H,43,44)/t20-,21+/m0/s1. The van der Waals surface area contributed by atoms with Crippen molar-refractivity contribution in [3.8, 4) is 0 Å². The Balaban J connectivity index is 1.48. The van der Waals surface area contributed by atoms with Crippen molar-refractivity contribution in [2.75, 3.05) is 21.7 Å². The van der Waals surface area contributed by atoms with Gasteiger partial charge >= 0.3 is 11.7 Å². The van der Waals surface area contributed by atoms with Crippen molar-refractivity contribution in [1.82, 2.24) is 0 Å². The summed E-state index contributed by atoms with van der Waals surface area (Å²) in [6, 6.07) is 6.57. The molecule has 8 nitrogen and oxygen atoms in total. The molecule has 3 N–H and O–H groups in total. The van der Waals surface area contributed by atoms with Gasteiger partial charge in [-0.3, -0.25) is 14.4 Å². The number of carbonyl (C=O) groups is 3. The van der Waals surface area contributed by atoms with Gasteiger partial charge in [0.1, 0.15) is 21.7 Å². The fraction of sp³-hybridized carbons (Fsp3) is 0.250. The Hall–Kier alpha value is -3.74. The van der Waals surface area contributed by atoms with E-state index in [4.69, 9.17) is 34.8 Å². The summed E-state index contributed by atoms with van der Waals surface area (Å²) >= 11 is 18.4. The third-order valence-electron chi connectivity index (χ3n) is 7.02. The average molecular weight is 785 g/mol. The number of hydrogen-bond donors (Lipinski definition) is 3. The van der Waals surface area contributed by atoms with Gasteiger partial charge in [-0.15, -0.1) is 23.2 Å². The summed E-state index contributed by atoms with van der Waals surface area (Å²) in [5.41, 5.74) is -10.0. The van der Waals surface area contributed by atoms with Gasteiger partial charge in [-0.2, -0.15) is 26.3 Å². The molecule has 21 heteroatoms. The van der Waals surface area contributed by atoms with Crippen LogP contribution in [0.25, 0.3) is 0 Å². The van der Waals surface area contributed by atoms with Crippen molar-refractivity contribution in [3.05, 3.63) is 87.7 Å². The number of alkyl halides is 8. The molecule has 3 amide bonds. The van der Waals surface area contributed by atoms with E-state index in [0.29, 0.717) is 24.3 Å². The van der Waals surface area contributed by atoms with Crippen LogP contribution in [0.1, 0.15) is 33.8 Å². The highest BCUT2D eigenvalue weighted by molar-refractivity contribution is 7.92. The summed E-state index contributed by atoms with van der Waals surface area (Å²) in [6.07, 6.45) is -6.37. The summed E-state index contributed by atoms with van der Waals surface area (Å²) in [7, 11) is -5.71. The van der Waals surface area contributed by atoms with Crippen LogP contribution in [0.4, 0.5) is 56.6 Å². The zero-order valence-corrected chi connectivity index (χ0v) is 26.8. The van der Waals surface area contributed by atoms with E-state index in [1.807, 2.05) is 5.32 Å². The predicted octanol–water partition coefficient (Wildman–Crippen LogP) is 7.82. The maximum atomic E-state index is 15.1. The van der Waals surface area contributed by atoms with Gasteiger partial charge in [-0.1, -0.05) is 17.7 Å². The number of benzene rings is 3. The molecule has 0 aliphatic heterocycles. The van der Waals surface area contributed by atoms with Crippen LogP contribution in [0.5, 0.6) is 0 Å². The summed E-state index contributed by atoms with van der Waals surface area (Å²) in [5, 5.41) is 5.72. The summed E-state index contributed by atoms with van der Waals surface area (Å²) in [5.74, 6) is -12.5. The second-order valence-corrected chi connectivity index (χ2v) is 14.3. The van der Waals surface area contributed by atoms with Crippen LogP contribution in [0.15, 0.2) is 48.5 Å². The number of hydrogen-bond acceptors (Lipinski definition) is 5. The smallest absolute Gasteiger partial charge is 0.326 e. The summed E-state index contributed by atoms with van der Waals surface area (Å²) < 4.78 is 141. The number of rotatable bonds is 9.